The van der Waals surface area contributed by atoms with Crippen LogP contribution in [-0.2, 0) is 14.3 Å². The number of hydrogen-bond donors (Lipinski definition) is 1. The Balaban J connectivity index is 1.64. The van der Waals surface area contributed by atoms with Crippen LogP contribution in [-0.4, -0.2) is 36.0 Å². The zero-order chi connectivity index (χ0) is 20.1. The van der Waals surface area contributed by atoms with Gasteiger partial charge >= 0.3 is 5.97 Å². The standard InChI is InChI=1S/C24H38O4/c1-4-6-16(2)15-27-22-8-5-7-18-10-9-17(3)21(24(18)22)12-11-20-13-19(25)14-23(26)28-20/h7,9-10,16-17,19-22,24-25H,4-6,8,11-15H2,1-3H3/t16-,17+,19+,20+,21-,22-,24-/m0/s1. The summed E-state index contributed by atoms with van der Waals surface area (Å²) in [5.41, 5.74) is 1.43. The molecule has 1 heterocycles. The molecule has 0 bridgehead atoms. The Bertz CT molecular complexity index is 581. The van der Waals surface area contributed by atoms with Gasteiger partial charge in [0.15, 0.2) is 0 Å². The molecule has 1 N–H and O–H groups in total. The number of esters is 1. The molecule has 0 aromatic rings. The first-order chi connectivity index (χ1) is 13.5. The van der Waals surface area contributed by atoms with Crippen molar-refractivity contribution in [2.75, 3.05) is 6.61 Å². The number of aliphatic hydroxyl groups excluding tert-OH is 1. The predicted octanol–water partition coefficient (Wildman–Crippen LogP) is 4.81. The van der Waals surface area contributed by atoms with Gasteiger partial charge in [0.2, 0.25) is 0 Å². The molecule has 3 rings (SSSR count). The minimum atomic E-state index is -0.545. The topological polar surface area (TPSA) is 55.8 Å². The fraction of sp³-hybridized carbons (Fsp3) is 0.792. The molecule has 28 heavy (non-hydrogen) atoms. The van der Waals surface area contributed by atoms with E-state index in [0.717, 1.165) is 32.3 Å². The maximum atomic E-state index is 11.7. The van der Waals surface area contributed by atoms with Crippen LogP contribution in [0.5, 0.6) is 0 Å². The third-order valence-corrected chi connectivity index (χ3v) is 6.78. The summed E-state index contributed by atoms with van der Waals surface area (Å²) in [4.78, 5) is 11.7. The van der Waals surface area contributed by atoms with Gasteiger partial charge in [0.05, 0.1) is 18.6 Å². The van der Waals surface area contributed by atoms with Crippen LogP contribution < -0.4 is 0 Å². The van der Waals surface area contributed by atoms with Gasteiger partial charge < -0.3 is 14.6 Å². The summed E-state index contributed by atoms with van der Waals surface area (Å²) in [5.74, 6) is 1.78. The maximum Gasteiger partial charge on any atom is 0.308 e. The quantitative estimate of drug-likeness (QED) is 0.604. The van der Waals surface area contributed by atoms with Crippen molar-refractivity contribution < 1.29 is 19.4 Å². The molecular weight excluding hydrogens is 352 g/mol. The van der Waals surface area contributed by atoms with Crippen molar-refractivity contribution >= 4 is 5.97 Å². The van der Waals surface area contributed by atoms with Gasteiger partial charge in [-0.15, -0.1) is 0 Å². The van der Waals surface area contributed by atoms with Crippen LogP contribution in [0, 0.1) is 23.7 Å². The lowest BCUT2D eigenvalue weighted by Crippen LogP contribution is -2.40. The number of allylic oxidation sites excluding steroid dienone is 3. The van der Waals surface area contributed by atoms with Gasteiger partial charge in [0.1, 0.15) is 6.10 Å². The Labute approximate surface area is 170 Å². The molecule has 4 nitrogen and oxygen atoms in total. The predicted molar refractivity (Wildman–Crippen MR) is 111 cm³/mol. The normalized spacial score (nSPS) is 36.4. The fourth-order valence-electron chi connectivity index (χ4n) is 5.29. The van der Waals surface area contributed by atoms with Crippen LogP contribution in [0.4, 0.5) is 0 Å². The molecule has 0 spiro atoms. The molecule has 4 heteroatoms. The van der Waals surface area contributed by atoms with E-state index < -0.39 is 6.10 Å². The molecule has 158 valence electrons. The summed E-state index contributed by atoms with van der Waals surface area (Å²) in [6, 6.07) is 0. The van der Waals surface area contributed by atoms with Gasteiger partial charge in [-0.1, -0.05) is 45.4 Å². The van der Waals surface area contributed by atoms with Gasteiger partial charge in [-0.25, -0.2) is 0 Å². The Morgan fingerprint density at radius 3 is 2.93 bits per heavy atom. The second-order valence-corrected chi connectivity index (χ2v) is 9.24. The minimum Gasteiger partial charge on any atom is -0.462 e. The van der Waals surface area contributed by atoms with Crippen molar-refractivity contribution in [3.05, 3.63) is 23.8 Å². The Morgan fingerprint density at radius 2 is 2.18 bits per heavy atom. The molecule has 0 aromatic carbocycles. The van der Waals surface area contributed by atoms with Crippen LogP contribution in [0.1, 0.15) is 72.1 Å². The van der Waals surface area contributed by atoms with Crippen molar-refractivity contribution in [1.82, 2.24) is 0 Å². The minimum absolute atomic E-state index is 0.139. The maximum absolute atomic E-state index is 11.7. The van der Waals surface area contributed by atoms with Crippen LogP contribution in [0.3, 0.4) is 0 Å². The van der Waals surface area contributed by atoms with E-state index in [-0.39, 0.29) is 24.6 Å². The first-order valence-electron chi connectivity index (χ1n) is 11.3. The first-order valence-corrected chi connectivity index (χ1v) is 11.3. The van der Waals surface area contributed by atoms with Crippen molar-refractivity contribution in [2.45, 2.75) is 90.4 Å². The van der Waals surface area contributed by atoms with E-state index in [1.54, 1.807) is 0 Å². The molecule has 1 fully saturated rings. The smallest absolute Gasteiger partial charge is 0.308 e. The van der Waals surface area contributed by atoms with Crippen molar-refractivity contribution in [3.63, 3.8) is 0 Å². The van der Waals surface area contributed by atoms with Crippen molar-refractivity contribution in [2.24, 2.45) is 23.7 Å². The lowest BCUT2D eigenvalue weighted by Gasteiger charge is -2.42. The van der Waals surface area contributed by atoms with E-state index in [4.69, 9.17) is 9.47 Å². The molecule has 0 amide bonds. The van der Waals surface area contributed by atoms with Crippen molar-refractivity contribution in [1.29, 1.82) is 0 Å². The van der Waals surface area contributed by atoms with Gasteiger partial charge in [0.25, 0.3) is 0 Å². The first kappa shape index (κ1) is 21.6. The highest BCUT2D eigenvalue weighted by atomic mass is 16.5. The fourth-order valence-corrected chi connectivity index (χ4v) is 5.29. The molecule has 1 saturated heterocycles. The van der Waals surface area contributed by atoms with E-state index in [9.17, 15) is 9.90 Å². The summed E-state index contributed by atoms with van der Waals surface area (Å²) < 4.78 is 12.0. The summed E-state index contributed by atoms with van der Waals surface area (Å²) in [6.45, 7) is 7.66. The number of carbonyl (C=O) groups is 1. The van der Waals surface area contributed by atoms with E-state index >= 15 is 0 Å². The molecule has 7 atom stereocenters. The number of fused-ring (bicyclic) bond motifs is 1. The third-order valence-electron chi connectivity index (χ3n) is 6.78. The molecule has 0 aromatic heterocycles. The number of carbonyl (C=O) groups excluding carboxylic acids is 1. The van der Waals surface area contributed by atoms with Crippen LogP contribution in [0.25, 0.3) is 0 Å². The largest absolute Gasteiger partial charge is 0.462 e. The Hall–Kier alpha value is -1.13. The highest BCUT2D eigenvalue weighted by Crippen LogP contribution is 2.44. The summed E-state index contributed by atoms with van der Waals surface area (Å²) in [5, 5.41) is 9.89. The Morgan fingerprint density at radius 1 is 1.36 bits per heavy atom. The lowest BCUT2D eigenvalue weighted by atomic mass is 9.66. The van der Waals surface area contributed by atoms with Crippen LogP contribution in [0.2, 0.25) is 0 Å². The summed E-state index contributed by atoms with van der Waals surface area (Å²) in [6.07, 6.45) is 13.8. The zero-order valence-electron chi connectivity index (χ0n) is 17.8. The van der Waals surface area contributed by atoms with E-state index in [2.05, 4.69) is 39.0 Å². The van der Waals surface area contributed by atoms with Gasteiger partial charge in [-0.2, -0.15) is 0 Å². The highest BCUT2D eigenvalue weighted by Gasteiger charge is 2.39. The van der Waals surface area contributed by atoms with E-state index in [0.29, 0.717) is 30.1 Å². The van der Waals surface area contributed by atoms with Gasteiger partial charge in [-0.05, 0) is 55.4 Å². The molecular formula is C24H38O4. The third kappa shape index (κ3) is 5.48. The number of aliphatic hydroxyl groups is 1. The number of rotatable bonds is 8. The molecule has 3 aliphatic rings. The zero-order valence-corrected chi connectivity index (χ0v) is 17.8. The van der Waals surface area contributed by atoms with E-state index in [1.165, 1.54) is 18.4 Å². The molecule has 2 aliphatic carbocycles. The highest BCUT2D eigenvalue weighted by molar-refractivity contribution is 5.70. The van der Waals surface area contributed by atoms with Gasteiger partial charge in [0, 0.05) is 18.9 Å². The average molecular weight is 391 g/mol. The van der Waals surface area contributed by atoms with Crippen LogP contribution >= 0.6 is 0 Å². The number of hydrogen-bond acceptors (Lipinski definition) is 4. The van der Waals surface area contributed by atoms with Crippen LogP contribution in [0.15, 0.2) is 23.8 Å². The van der Waals surface area contributed by atoms with Gasteiger partial charge in [-0.3, -0.25) is 4.79 Å². The molecule has 0 unspecified atom stereocenters. The molecule has 0 radical (unpaired) electrons. The monoisotopic (exact) mass is 390 g/mol. The van der Waals surface area contributed by atoms with Crippen molar-refractivity contribution in [3.8, 4) is 0 Å². The average Bonchev–Trinajstić information content (AvgIpc) is 2.65. The number of cyclic esters (lactones) is 1. The number of ether oxygens (including phenoxy) is 2. The SMILES string of the molecule is CCC[C@H](C)CO[C@H]1CCC=C2C=C[C@@H](C)[C@H](CC[C@@H]3C[C@@H](O)CC(=O)O3)[C@H]21. The lowest BCUT2D eigenvalue weighted by molar-refractivity contribution is -0.160. The second-order valence-electron chi connectivity index (χ2n) is 9.24. The van der Waals surface area contributed by atoms with E-state index in [1.807, 2.05) is 0 Å². The molecule has 1 aliphatic heterocycles. The summed E-state index contributed by atoms with van der Waals surface area (Å²) >= 11 is 0. The second kappa shape index (κ2) is 10.1. The summed E-state index contributed by atoms with van der Waals surface area (Å²) in [7, 11) is 0. The molecule has 0 saturated carbocycles. The Kier molecular flexibility index (Phi) is 7.76.